The first-order valence-corrected chi connectivity index (χ1v) is 9.43. The predicted octanol–water partition coefficient (Wildman–Crippen LogP) is 1.78. The summed E-state index contributed by atoms with van der Waals surface area (Å²) in [4.78, 5) is 13.2. The minimum Gasteiger partial charge on any atom is -0.324 e. The Bertz CT molecular complexity index is 1220. The molecule has 0 aliphatic rings. The van der Waals surface area contributed by atoms with Gasteiger partial charge in [-0.3, -0.25) is 4.98 Å². The van der Waals surface area contributed by atoms with Gasteiger partial charge in [-0.15, -0.1) is 0 Å². The Balaban J connectivity index is 2.11. The zero-order chi connectivity index (χ0) is 17.8. The van der Waals surface area contributed by atoms with Gasteiger partial charge in [0.15, 0.2) is 21.3 Å². The zero-order valence-corrected chi connectivity index (χ0v) is 14.8. The van der Waals surface area contributed by atoms with E-state index < -0.39 is 9.84 Å². The molecule has 0 atom stereocenters. The van der Waals surface area contributed by atoms with Gasteiger partial charge in [0.1, 0.15) is 10.6 Å². The molecule has 0 aliphatic heterocycles. The summed E-state index contributed by atoms with van der Waals surface area (Å²) in [5, 5.41) is 4.45. The highest BCUT2D eigenvalue weighted by molar-refractivity contribution is 7.91. The van der Waals surface area contributed by atoms with E-state index in [0.717, 1.165) is 16.7 Å². The number of imidazole rings is 1. The normalized spacial score (nSPS) is 12.3. The van der Waals surface area contributed by atoms with Crippen molar-refractivity contribution in [3.05, 3.63) is 36.4 Å². The van der Waals surface area contributed by atoms with Crippen molar-refractivity contribution < 1.29 is 8.42 Å². The number of rotatable bonds is 3. The molecule has 8 nitrogen and oxygen atoms in total. The van der Waals surface area contributed by atoms with Crippen LogP contribution in [0.2, 0.25) is 0 Å². The zero-order valence-electron chi connectivity index (χ0n) is 14.0. The second-order valence-corrected chi connectivity index (χ2v) is 7.99. The minimum absolute atomic E-state index is 0.0392. The van der Waals surface area contributed by atoms with E-state index in [1.807, 2.05) is 20.0 Å². The molecule has 0 spiro atoms. The summed E-state index contributed by atoms with van der Waals surface area (Å²) in [5.74, 6) is 0.433. The van der Waals surface area contributed by atoms with Crippen LogP contribution in [-0.4, -0.2) is 43.3 Å². The molecule has 0 aromatic carbocycles. The Morgan fingerprint density at radius 3 is 2.80 bits per heavy atom. The third-order valence-electron chi connectivity index (χ3n) is 4.16. The van der Waals surface area contributed by atoms with Gasteiger partial charge in [0.2, 0.25) is 0 Å². The molecule has 0 aliphatic carbocycles. The van der Waals surface area contributed by atoms with Crippen molar-refractivity contribution >= 4 is 26.5 Å². The molecule has 4 aromatic rings. The molecule has 128 valence electrons. The summed E-state index contributed by atoms with van der Waals surface area (Å²) >= 11 is 0. The number of hydrogen-bond acceptors (Lipinski definition) is 6. The van der Waals surface area contributed by atoms with Crippen molar-refractivity contribution in [1.29, 1.82) is 0 Å². The molecular formula is C16H16N6O2S. The first kappa shape index (κ1) is 15.7. The molecule has 4 heterocycles. The van der Waals surface area contributed by atoms with Crippen LogP contribution in [0, 0.1) is 6.92 Å². The molecule has 0 unspecified atom stereocenters. The average molecular weight is 356 g/mol. The number of fused-ring (bicyclic) bond motifs is 2. The van der Waals surface area contributed by atoms with E-state index in [0.29, 0.717) is 17.2 Å². The number of aromatic nitrogens is 6. The lowest BCUT2D eigenvalue weighted by atomic mass is 10.3. The third kappa shape index (κ3) is 2.30. The maximum atomic E-state index is 12.7. The fourth-order valence-electron chi connectivity index (χ4n) is 2.84. The van der Waals surface area contributed by atoms with Crippen molar-refractivity contribution in [3.8, 4) is 11.5 Å². The highest BCUT2D eigenvalue weighted by Gasteiger charge is 2.28. The summed E-state index contributed by atoms with van der Waals surface area (Å²) in [5.41, 5.74) is 3.01. The quantitative estimate of drug-likeness (QED) is 0.555. The molecular weight excluding hydrogens is 340 g/mol. The van der Waals surface area contributed by atoms with Crippen molar-refractivity contribution in [2.75, 3.05) is 5.75 Å². The Morgan fingerprint density at radius 1 is 1.24 bits per heavy atom. The molecule has 4 aromatic heterocycles. The number of hydrogen-bond donors (Lipinski definition) is 0. The van der Waals surface area contributed by atoms with Gasteiger partial charge >= 0.3 is 0 Å². The summed E-state index contributed by atoms with van der Waals surface area (Å²) in [7, 11) is -1.72. The van der Waals surface area contributed by atoms with Crippen LogP contribution in [0.25, 0.3) is 28.2 Å². The topological polar surface area (TPSA) is 95.0 Å². The summed E-state index contributed by atoms with van der Waals surface area (Å²) in [6.07, 6.45) is 4.95. The van der Waals surface area contributed by atoms with E-state index in [1.54, 1.807) is 36.1 Å². The number of sulfone groups is 1. The molecule has 9 heteroatoms. The van der Waals surface area contributed by atoms with Crippen LogP contribution >= 0.6 is 0 Å². The van der Waals surface area contributed by atoms with Crippen molar-refractivity contribution in [2.24, 2.45) is 7.05 Å². The molecule has 0 fully saturated rings. The average Bonchev–Trinajstić information content (AvgIpc) is 3.13. The lowest BCUT2D eigenvalue weighted by Gasteiger charge is -2.03. The first-order valence-electron chi connectivity index (χ1n) is 7.78. The van der Waals surface area contributed by atoms with Gasteiger partial charge in [0, 0.05) is 25.1 Å². The molecule has 4 rings (SSSR count). The maximum absolute atomic E-state index is 12.7. The Morgan fingerprint density at radius 2 is 2.04 bits per heavy atom. The Hall–Kier alpha value is -2.81. The van der Waals surface area contributed by atoms with E-state index in [-0.39, 0.29) is 10.6 Å². The molecule has 25 heavy (non-hydrogen) atoms. The number of pyridine rings is 1. The molecule has 0 saturated heterocycles. The third-order valence-corrected chi connectivity index (χ3v) is 5.92. The maximum Gasteiger partial charge on any atom is 0.184 e. The van der Waals surface area contributed by atoms with Crippen LogP contribution in [-0.2, 0) is 16.9 Å². The minimum atomic E-state index is -3.54. The van der Waals surface area contributed by atoms with Crippen LogP contribution in [0.5, 0.6) is 0 Å². The van der Waals surface area contributed by atoms with Crippen molar-refractivity contribution in [1.82, 2.24) is 29.1 Å². The largest absolute Gasteiger partial charge is 0.324 e. The van der Waals surface area contributed by atoms with Crippen molar-refractivity contribution in [3.63, 3.8) is 0 Å². The lowest BCUT2D eigenvalue weighted by molar-refractivity contribution is 0.598. The first-order chi connectivity index (χ1) is 11.9. The SMILES string of the molecule is CCS(=O)(=O)c1c(-c2nc3cc(C)ncc3n2C)nn2cccnc12. The van der Waals surface area contributed by atoms with Crippen LogP contribution in [0.15, 0.2) is 35.6 Å². The summed E-state index contributed by atoms with van der Waals surface area (Å²) in [6, 6.07) is 3.56. The second-order valence-electron chi connectivity index (χ2n) is 5.78. The highest BCUT2D eigenvalue weighted by atomic mass is 32.2. The van der Waals surface area contributed by atoms with Gasteiger partial charge in [-0.1, -0.05) is 6.92 Å². The monoisotopic (exact) mass is 356 g/mol. The van der Waals surface area contributed by atoms with E-state index >= 15 is 0 Å². The van der Waals surface area contributed by atoms with E-state index in [4.69, 9.17) is 0 Å². The van der Waals surface area contributed by atoms with Crippen molar-refractivity contribution in [2.45, 2.75) is 18.7 Å². The fraction of sp³-hybridized carbons (Fsp3) is 0.250. The van der Waals surface area contributed by atoms with Gasteiger partial charge in [0.05, 0.1) is 23.0 Å². The summed E-state index contributed by atoms with van der Waals surface area (Å²) in [6.45, 7) is 3.49. The smallest absolute Gasteiger partial charge is 0.184 e. The number of nitrogens with zero attached hydrogens (tertiary/aromatic N) is 6. The Labute approximate surface area is 144 Å². The van der Waals surface area contributed by atoms with Crippen LogP contribution < -0.4 is 0 Å². The summed E-state index contributed by atoms with van der Waals surface area (Å²) < 4.78 is 28.7. The van der Waals surface area contributed by atoms with Gasteiger partial charge in [-0.25, -0.2) is 22.9 Å². The predicted molar refractivity (Wildman–Crippen MR) is 93.0 cm³/mol. The fourth-order valence-corrected chi connectivity index (χ4v) is 3.98. The Kier molecular flexibility index (Phi) is 3.36. The highest BCUT2D eigenvalue weighted by Crippen LogP contribution is 2.31. The lowest BCUT2D eigenvalue weighted by Crippen LogP contribution is -2.06. The van der Waals surface area contributed by atoms with Crippen LogP contribution in [0.1, 0.15) is 12.6 Å². The standard InChI is InChI=1S/C16H16N6O2S/c1-4-25(23,24)14-13(20-22-7-5-6-17-16(14)22)15-19-11-8-10(2)18-9-12(11)21(15)3/h5-9H,4H2,1-3H3. The van der Waals surface area contributed by atoms with Gasteiger partial charge in [0.25, 0.3) is 0 Å². The molecule has 0 bridgehead atoms. The van der Waals surface area contributed by atoms with E-state index in [2.05, 4.69) is 20.1 Å². The van der Waals surface area contributed by atoms with Crippen LogP contribution in [0.3, 0.4) is 0 Å². The second kappa shape index (κ2) is 5.35. The molecule has 0 radical (unpaired) electrons. The van der Waals surface area contributed by atoms with Gasteiger partial charge in [-0.2, -0.15) is 5.10 Å². The van der Waals surface area contributed by atoms with Gasteiger partial charge < -0.3 is 4.57 Å². The molecule has 0 N–H and O–H groups in total. The van der Waals surface area contributed by atoms with Gasteiger partial charge in [-0.05, 0) is 19.1 Å². The number of aryl methyl sites for hydroxylation is 2. The molecule has 0 saturated carbocycles. The van der Waals surface area contributed by atoms with Crippen LogP contribution in [0.4, 0.5) is 0 Å². The molecule has 0 amide bonds. The van der Waals surface area contributed by atoms with E-state index in [9.17, 15) is 8.42 Å². The van der Waals surface area contributed by atoms with E-state index in [1.165, 1.54) is 4.52 Å².